The molecule has 0 saturated carbocycles. The first-order chi connectivity index (χ1) is 12.8. The van der Waals surface area contributed by atoms with Gasteiger partial charge < -0.3 is 14.5 Å². The smallest absolute Gasteiger partial charge is 0.263 e. The Kier molecular flexibility index (Phi) is 5.99. The van der Waals surface area contributed by atoms with Crippen molar-refractivity contribution < 1.29 is 9.53 Å². The number of aryl methyl sites for hydroxylation is 2. The quantitative estimate of drug-likeness (QED) is 0.786. The number of hydrogen-bond acceptors (Lipinski definition) is 6. The summed E-state index contributed by atoms with van der Waals surface area (Å²) in [5.41, 5.74) is 2.27. The Bertz CT molecular complexity index is 797. The first kappa shape index (κ1) is 19.6. The molecule has 146 valence electrons. The molecule has 6 nitrogen and oxygen atoms in total. The van der Waals surface area contributed by atoms with Crippen molar-refractivity contribution in [3.8, 4) is 5.75 Å². The molecule has 0 spiro atoms. The number of amides is 1. The summed E-state index contributed by atoms with van der Waals surface area (Å²) in [6, 6.07) is 6.20. The van der Waals surface area contributed by atoms with Crippen molar-refractivity contribution in [2.75, 3.05) is 31.1 Å². The van der Waals surface area contributed by atoms with Gasteiger partial charge in [0, 0.05) is 37.7 Å². The minimum Gasteiger partial charge on any atom is -0.481 e. The van der Waals surface area contributed by atoms with E-state index in [1.807, 2.05) is 31.7 Å². The molecule has 2 heterocycles. The zero-order chi connectivity index (χ0) is 19.6. The molecule has 7 heteroatoms. The van der Waals surface area contributed by atoms with Gasteiger partial charge in [0.1, 0.15) is 11.6 Å². The molecular formula is C20H28N4O2S. The van der Waals surface area contributed by atoms with Gasteiger partial charge in [-0.3, -0.25) is 4.79 Å². The summed E-state index contributed by atoms with van der Waals surface area (Å²) in [6.45, 7) is 13.0. The van der Waals surface area contributed by atoms with Crippen LogP contribution in [0.15, 0.2) is 18.2 Å². The van der Waals surface area contributed by atoms with Gasteiger partial charge in [0.05, 0.1) is 0 Å². The number of aromatic nitrogens is 2. The van der Waals surface area contributed by atoms with Gasteiger partial charge in [-0.15, -0.1) is 0 Å². The number of benzene rings is 1. The number of carbonyl (C=O) groups excluding carboxylic acids is 1. The number of hydrogen-bond donors (Lipinski definition) is 0. The van der Waals surface area contributed by atoms with E-state index in [-0.39, 0.29) is 5.91 Å². The van der Waals surface area contributed by atoms with Crippen molar-refractivity contribution in [3.05, 3.63) is 35.2 Å². The summed E-state index contributed by atoms with van der Waals surface area (Å²) < 4.78 is 10.3. The lowest BCUT2D eigenvalue weighted by Crippen LogP contribution is -2.52. The molecule has 0 radical (unpaired) electrons. The standard InChI is InChI=1S/C20H28N4O2S/c1-13(2)17-7-6-14(3)12-18(17)26-15(4)19(25)23-8-10-24(11-9-23)20-21-16(5)22-27-20/h6-7,12-13,15H,8-11H2,1-5H3. The second-order valence-corrected chi connectivity index (χ2v) is 8.12. The largest absolute Gasteiger partial charge is 0.481 e. The summed E-state index contributed by atoms with van der Waals surface area (Å²) >= 11 is 1.42. The molecule has 1 unspecified atom stereocenters. The number of piperazine rings is 1. The molecule has 1 aliphatic rings. The molecule has 2 aromatic rings. The summed E-state index contributed by atoms with van der Waals surface area (Å²) in [6.07, 6.45) is -0.500. The van der Waals surface area contributed by atoms with E-state index in [0.717, 1.165) is 40.9 Å². The topological polar surface area (TPSA) is 58.6 Å². The maximum absolute atomic E-state index is 12.9. The predicted octanol–water partition coefficient (Wildman–Crippen LogP) is 3.39. The van der Waals surface area contributed by atoms with Gasteiger partial charge in [-0.05, 0) is 43.9 Å². The Morgan fingerprint density at radius 2 is 1.85 bits per heavy atom. The van der Waals surface area contributed by atoms with E-state index in [1.54, 1.807) is 0 Å². The second-order valence-electron chi connectivity index (χ2n) is 7.39. The van der Waals surface area contributed by atoms with Crippen molar-refractivity contribution in [1.29, 1.82) is 0 Å². The van der Waals surface area contributed by atoms with Gasteiger partial charge in [0.25, 0.3) is 5.91 Å². The lowest BCUT2D eigenvalue weighted by Gasteiger charge is -2.35. The Balaban J connectivity index is 1.61. The van der Waals surface area contributed by atoms with E-state index < -0.39 is 6.10 Å². The van der Waals surface area contributed by atoms with Crippen molar-refractivity contribution in [2.45, 2.75) is 46.6 Å². The van der Waals surface area contributed by atoms with Crippen LogP contribution >= 0.6 is 11.5 Å². The summed E-state index contributed by atoms with van der Waals surface area (Å²) in [5, 5.41) is 0.935. The third-order valence-electron chi connectivity index (χ3n) is 4.82. The number of anilines is 1. The predicted molar refractivity (Wildman–Crippen MR) is 109 cm³/mol. The zero-order valence-electron chi connectivity index (χ0n) is 16.7. The Hall–Kier alpha value is -2.15. The highest BCUT2D eigenvalue weighted by Gasteiger charge is 2.27. The molecule has 0 bridgehead atoms. The normalized spacial score (nSPS) is 15.9. The first-order valence-corrected chi connectivity index (χ1v) is 10.2. The van der Waals surface area contributed by atoms with E-state index >= 15 is 0 Å². The number of carbonyl (C=O) groups is 1. The van der Waals surface area contributed by atoms with Crippen LogP contribution < -0.4 is 9.64 Å². The van der Waals surface area contributed by atoms with Gasteiger partial charge in [0.15, 0.2) is 6.10 Å². The van der Waals surface area contributed by atoms with E-state index in [1.165, 1.54) is 11.5 Å². The fraction of sp³-hybridized carbons (Fsp3) is 0.550. The van der Waals surface area contributed by atoms with Gasteiger partial charge in [0.2, 0.25) is 5.13 Å². The molecule has 1 saturated heterocycles. The van der Waals surface area contributed by atoms with Crippen LogP contribution in [0.5, 0.6) is 5.75 Å². The molecular weight excluding hydrogens is 360 g/mol. The molecule has 1 atom stereocenters. The maximum atomic E-state index is 12.9. The van der Waals surface area contributed by atoms with Crippen molar-refractivity contribution in [2.24, 2.45) is 0 Å². The van der Waals surface area contributed by atoms with Gasteiger partial charge in [-0.2, -0.15) is 4.37 Å². The Labute approximate surface area is 165 Å². The maximum Gasteiger partial charge on any atom is 0.263 e. The van der Waals surface area contributed by atoms with Crippen LogP contribution in [0.4, 0.5) is 5.13 Å². The van der Waals surface area contributed by atoms with Crippen LogP contribution in [0.25, 0.3) is 0 Å². The third-order valence-corrected chi connectivity index (χ3v) is 5.69. The van der Waals surface area contributed by atoms with E-state index in [4.69, 9.17) is 4.74 Å². The summed E-state index contributed by atoms with van der Waals surface area (Å²) in [7, 11) is 0. The highest BCUT2D eigenvalue weighted by molar-refractivity contribution is 7.09. The SMILES string of the molecule is Cc1ccc(C(C)C)c(OC(C)C(=O)N2CCN(c3nc(C)ns3)CC2)c1. The monoisotopic (exact) mass is 388 g/mol. The molecule has 27 heavy (non-hydrogen) atoms. The minimum atomic E-state index is -0.500. The average molecular weight is 389 g/mol. The van der Waals surface area contributed by atoms with Crippen LogP contribution in [0, 0.1) is 13.8 Å². The van der Waals surface area contributed by atoms with E-state index in [0.29, 0.717) is 19.0 Å². The molecule has 3 rings (SSSR count). The molecule has 0 N–H and O–H groups in total. The zero-order valence-corrected chi connectivity index (χ0v) is 17.5. The lowest BCUT2D eigenvalue weighted by molar-refractivity contribution is -0.138. The van der Waals surface area contributed by atoms with Crippen LogP contribution in [0.1, 0.15) is 43.6 Å². The average Bonchev–Trinajstić information content (AvgIpc) is 3.07. The molecule has 1 aromatic heterocycles. The highest BCUT2D eigenvalue weighted by atomic mass is 32.1. The Morgan fingerprint density at radius 1 is 1.15 bits per heavy atom. The van der Waals surface area contributed by atoms with E-state index in [9.17, 15) is 4.79 Å². The minimum absolute atomic E-state index is 0.0410. The number of ether oxygens (including phenoxy) is 1. The molecule has 1 aliphatic heterocycles. The third kappa shape index (κ3) is 4.58. The van der Waals surface area contributed by atoms with Crippen LogP contribution in [0.3, 0.4) is 0 Å². The van der Waals surface area contributed by atoms with Gasteiger partial charge in [-0.25, -0.2) is 4.98 Å². The van der Waals surface area contributed by atoms with Crippen molar-refractivity contribution in [1.82, 2.24) is 14.3 Å². The molecule has 1 aromatic carbocycles. The molecule has 1 amide bonds. The first-order valence-electron chi connectivity index (χ1n) is 9.46. The van der Waals surface area contributed by atoms with Crippen LogP contribution in [-0.2, 0) is 4.79 Å². The fourth-order valence-electron chi connectivity index (χ4n) is 3.25. The van der Waals surface area contributed by atoms with Gasteiger partial charge in [-0.1, -0.05) is 26.0 Å². The van der Waals surface area contributed by atoms with Crippen LogP contribution in [-0.4, -0.2) is 52.4 Å². The van der Waals surface area contributed by atoms with Crippen molar-refractivity contribution >= 4 is 22.6 Å². The number of nitrogens with zero attached hydrogens (tertiary/aromatic N) is 4. The van der Waals surface area contributed by atoms with Crippen LogP contribution in [0.2, 0.25) is 0 Å². The highest BCUT2D eigenvalue weighted by Crippen LogP contribution is 2.28. The van der Waals surface area contributed by atoms with Crippen molar-refractivity contribution in [3.63, 3.8) is 0 Å². The Morgan fingerprint density at radius 3 is 2.44 bits per heavy atom. The number of rotatable bonds is 5. The summed E-state index contributed by atoms with van der Waals surface area (Å²) in [5.74, 6) is 2.00. The molecule has 1 fully saturated rings. The van der Waals surface area contributed by atoms with E-state index in [2.05, 4.69) is 40.2 Å². The fourth-order valence-corrected chi connectivity index (χ4v) is 3.98. The second kappa shape index (κ2) is 8.25. The molecule has 0 aliphatic carbocycles. The van der Waals surface area contributed by atoms with Gasteiger partial charge >= 0.3 is 0 Å². The lowest BCUT2D eigenvalue weighted by atomic mass is 10.0. The summed E-state index contributed by atoms with van der Waals surface area (Å²) in [4.78, 5) is 21.4.